The molecule has 6 nitrogen and oxygen atoms in total. The molecule has 1 aromatic rings. The molecule has 10 heteroatoms. The fourth-order valence-electron chi connectivity index (χ4n) is 7.83. The number of hydrogen-bond donors (Lipinski definition) is 4. The lowest BCUT2D eigenvalue weighted by Crippen LogP contribution is -3.00. The molecule has 388 valence electrons. The van der Waals surface area contributed by atoms with E-state index in [0.717, 1.165) is 89.8 Å². The van der Waals surface area contributed by atoms with Gasteiger partial charge in [-0.25, -0.2) is 0 Å². The van der Waals surface area contributed by atoms with Crippen molar-refractivity contribution in [1.82, 2.24) is 16.0 Å². The van der Waals surface area contributed by atoms with Gasteiger partial charge in [-0.2, -0.15) is 0 Å². The molecule has 0 fully saturated rings. The van der Waals surface area contributed by atoms with E-state index in [2.05, 4.69) is 72.3 Å². The van der Waals surface area contributed by atoms with Crippen LogP contribution in [0.5, 0.6) is 11.5 Å². The number of halogens is 4. The van der Waals surface area contributed by atoms with Crippen LogP contribution in [0.4, 0.5) is 0 Å². The number of unbranched alkanes of at least 4 members (excludes halogenated alkanes) is 27. The number of nitrogens with one attached hydrogen (secondary N) is 3. The van der Waals surface area contributed by atoms with Crippen molar-refractivity contribution in [2.45, 2.75) is 239 Å². The van der Waals surface area contributed by atoms with E-state index in [9.17, 15) is 0 Å². The number of ether oxygens (including phenoxy) is 2. The molecule has 0 aliphatic rings. The van der Waals surface area contributed by atoms with E-state index < -0.39 is 0 Å². The lowest BCUT2D eigenvalue weighted by atomic mass is 10.1. The summed E-state index contributed by atoms with van der Waals surface area (Å²) in [7, 11) is 0. The van der Waals surface area contributed by atoms with Crippen LogP contribution in [0.3, 0.4) is 0 Å². The molecule has 0 spiro atoms. The summed E-state index contributed by atoms with van der Waals surface area (Å²) in [5.74, 6) is 1.83. The van der Waals surface area contributed by atoms with Crippen LogP contribution < -0.4 is 80.8 Å². The molecule has 0 unspecified atom stereocenters. The Hall–Kier alpha value is -0.700. The summed E-state index contributed by atoms with van der Waals surface area (Å²) in [6.07, 6.45) is 53.9. The smallest absolute Gasteiger partial charge is 0.161 e. The minimum Gasteiger partial charge on any atom is -1.00 e. The maximum Gasteiger partial charge on any atom is 0.161 e. The molecular formula is C55H104Cl4N4O2-4. The van der Waals surface area contributed by atoms with E-state index in [4.69, 9.17) is 15.2 Å². The Balaban J connectivity index is -0.00000465. The summed E-state index contributed by atoms with van der Waals surface area (Å²) in [6, 6.07) is 6.59. The van der Waals surface area contributed by atoms with Crippen LogP contribution in [0.15, 0.2) is 42.5 Å². The maximum atomic E-state index is 6.43. The van der Waals surface area contributed by atoms with Gasteiger partial charge in [0.2, 0.25) is 0 Å². The Morgan fingerprint density at radius 1 is 0.385 bits per heavy atom. The minimum atomic E-state index is 0. The predicted octanol–water partition coefficient (Wildman–Crippen LogP) is 3.10. The van der Waals surface area contributed by atoms with Gasteiger partial charge in [0.05, 0.1) is 13.2 Å². The van der Waals surface area contributed by atoms with Crippen LogP contribution in [0.2, 0.25) is 0 Å². The highest BCUT2D eigenvalue weighted by Crippen LogP contribution is 2.29. The van der Waals surface area contributed by atoms with Crippen molar-refractivity contribution in [1.29, 1.82) is 0 Å². The topological polar surface area (TPSA) is 80.6 Å². The van der Waals surface area contributed by atoms with Crippen LogP contribution in [0, 0.1) is 0 Å². The first-order chi connectivity index (χ1) is 30.3. The zero-order valence-corrected chi connectivity index (χ0v) is 45.4. The van der Waals surface area contributed by atoms with Crippen molar-refractivity contribution in [2.75, 3.05) is 52.5 Å². The van der Waals surface area contributed by atoms with Crippen LogP contribution in [0.1, 0.15) is 238 Å². The van der Waals surface area contributed by atoms with Gasteiger partial charge < -0.3 is 80.8 Å². The Bertz CT molecular complexity index is 1080. The monoisotopic (exact) mass is 993 g/mol. The molecular weight excluding hydrogens is 890 g/mol. The third-order valence-electron chi connectivity index (χ3n) is 11.9. The average molecular weight is 995 g/mol. The van der Waals surface area contributed by atoms with Crippen molar-refractivity contribution in [2.24, 2.45) is 5.73 Å². The van der Waals surface area contributed by atoms with Gasteiger partial charge in [-0.05, 0) is 160 Å². The van der Waals surface area contributed by atoms with Crippen molar-refractivity contribution in [3.05, 3.63) is 48.1 Å². The van der Waals surface area contributed by atoms with Gasteiger partial charge >= 0.3 is 0 Å². The Kier molecular flexibility index (Phi) is 66.8. The Morgan fingerprint density at radius 3 is 1.12 bits per heavy atom. The molecule has 5 N–H and O–H groups in total. The average Bonchev–Trinajstić information content (AvgIpc) is 3.27. The van der Waals surface area contributed by atoms with Gasteiger partial charge in [0.15, 0.2) is 11.5 Å². The van der Waals surface area contributed by atoms with Crippen LogP contribution in [-0.4, -0.2) is 52.5 Å². The number of benzene rings is 1. The third kappa shape index (κ3) is 52.5. The summed E-state index contributed by atoms with van der Waals surface area (Å²) in [5, 5.41) is 10.8. The van der Waals surface area contributed by atoms with Crippen LogP contribution >= 0.6 is 0 Å². The number of allylic oxidation sites excluding steroid dienone is 4. The largest absolute Gasteiger partial charge is 1.00 e. The fraction of sp³-hybridized carbons (Fsp3) is 0.818. The number of nitrogens with two attached hydrogens (primary N) is 1. The second kappa shape index (κ2) is 61.3. The standard InChI is InChI=1S/C55H104N4O2.4ClH/c1-3-5-7-9-11-13-15-17-19-21-23-25-27-29-31-39-49-60-54-42-41-53(52-59-48-38-37-47-58-46-36-35-45-57-44-34-33-43-56)51-55(54)61-50-40-32-30-28-26-24-22-20-18-16-14-12-10-8-6-4-2;;;;/h17-20,41-42,51,57-59H,3-16,21-40,43-50,52,56H2,1-2H3;4*1H/p-4/b19-17-,20-18-;;;;. The van der Waals surface area contributed by atoms with Crippen molar-refractivity contribution in [3.63, 3.8) is 0 Å². The highest BCUT2D eigenvalue weighted by Gasteiger charge is 2.08. The van der Waals surface area contributed by atoms with Gasteiger partial charge in [-0.3, -0.25) is 0 Å². The first kappa shape index (κ1) is 70.9. The third-order valence-corrected chi connectivity index (χ3v) is 11.9. The molecule has 65 heavy (non-hydrogen) atoms. The summed E-state index contributed by atoms with van der Waals surface area (Å²) in [5.41, 5.74) is 6.84. The van der Waals surface area contributed by atoms with E-state index in [1.54, 1.807) is 0 Å². The van der Waals surface area contributed by atoms with Crippen LogP contribution in [-0.2, 0) is 6.54 Å². The molecule has 0 atom stereocenters. The molecule has 0 aromatic heterocycles. The lowest BCUT2D eigenvalue weighted by Gasteiger charge is -2.15. The molecule has 0 amide bonds. The van der Waals surface area contributed by atoms with Gasteiger partial charge in [0, 0.05) is 6.54 Å². The molecule has 0 bridgehead atoms. The van der Waals surface area contributed by atoms with E-state index in [0.29, 0.717) is 0 Å². The first-order valence-electron chi connectivity index (χ1n) is 26.8. The summed E-state index contributed by atoms with van der Waals surface area (Å²) >= 11 is 0. The summed E-state index contributed by atoms with van der Waals surface area (Å²) in [6.45, 7) is 13.3. The van der Waals surface area contributed by atoms with Crippen molar-refractivity contribution >= 4 is 0 Å². The zero-order chi connectivity index (χ0) is 43.6. The van der Waals surface area contributed by atoms with Crippen LogP contribution in [0.25, 0.3) is 0 Å². The van der Waals surface area contributed by atoms with Gasteiger partial charge in [-0.1, -0.05) is 160 Å². The lowest BCUT2D eigenvalue weighted by molar-refractivity contribution is -0.00100. The van der Waals surface area contributed by atoms with Gasteiger partial charge in [0.25, 0.3) is 0 Å². The Morgan fingerprint density at radius 2 is 0.723 bits per heavy atom. The molecule has 0 aliphatic carbocycles. The molecule has 0 saturated heterocycles. The van der Waals surface area contributed by atoms with Crippen molar-refractivity contribution < 1.29 is 59.1 Å². The van der Waals surface area contributed by atoms with E-state index in [-0.39, 0.29) is 49.6 Å². The van der Waals surface area contributed by atoms with E-state index >= 15 is 0 Å². The fourth-order valence-corrected chi connectivity index (χ4v) is 7.83. The second-order valence-corrected chi connectivity index (χ2v) is 17.9. The van der Waals surface area contributed by atoms with Gasteiger partial charge in [-0.15, -0.1) is 0 Å². The van der Waals surface area contributed by atoms with E-state index in [1.165, 1.54) is 205 Å². The second-order valence-electron chi connectivity index (χ2n) is 17.9. The number of hydrogen-bond acceptors (Lipinski definition) is 6. The zero-order valence-electron chi connectivity index (χ0n) is 42.4. The predicted molar refractivity (Wildman–Crippen MR) is 271 cm³/mol. The minimum absolute atomic E-state index is 0. The molecule has 0 radical (unpaired) electrons. The first-order valence-corrected chi connectivity index (χ1v) is 26.8. The highest BCUT2D eigenvalue weighted by molar-refractivity contribution is 5.43. The van der Waals surface area contributed by atoms with E-state index in [1.807, 2.05) is 0 Å². The SMILES string of the molecule is CCCCCCCC/C=C\CCCCCCCCOc1ccc(CNCCCCNCCCCNCCCCN)cc1OCCCCCCCC/C=C\CCCCCCCC.[Cl-].[Cl-].[Cl-].[Cl-]. The quantitative estimate of drug-likeness (QED) is 0.0595. The summed E-state index contributed by atoms with van der Waals surface area (Å²) < 4.78 is 12.8. The normalized spacial score (nSPS) is 11.1. The Labute approximate surface area is 429 Å². The molecule has 1 rings (SSSR count). The molecule has 1 aromatic carbocycles. The maximum absolute atomic E-state index is 6.43. The van der Waals surface area contributed by atoms with Crippen molar-refractivity contribution in [3.8, 4) is 11.5 Å². The molecule has 0 saturated carbocycles. The molecule has 0 aliphatic heterocycles. The summed E-state index contributed by atoms with van der Waals surface area (Å²) in [4.78, 5) is 0. The molecule has 0 heterocycles. The van der Waals surface area contributed by atoms with Gasteiger partial charge in [0.1, 0.15) is 0 Å². The number of rotatable bonds is 50. The highest BCUT2D eigenvalue weighted by atomic mass is 35.5.